The van der Waals surface area contributed by atoms with Crippen molar-refractivity contribution in [2.45, 2.75) is 18.9 Å². The molecule has 0 aromatic rings. The molecule has 1 aliphatic rings. The summed E-state index contributed by atoms with van der Waals surface area (Å²) < 4.78 is 5.08. The lowest BCUT2D eigenvalue weighted by Crippen LogP contribution is -2.54. The average molecular weight is 260 g/mol. The molecule has 0 aromatic heterocycles. The number of nitrogens with one attached hydrogen (secondary N) is 2. The highest BCUT2D eigenvalue weighted by Crippen LogP contribution is 2.29. The van der Waals surface area contributed by atoms with Gasteiger partial charge in [-0.1, -0.05) is 0 Å². The van der Waals surface area contributed by atoms with Gasteiger partial charge in [0.15, 0.2) is 0 Å². The quantitative estimate of drug-likeness (QED) is 0.466. The number of amides is 1. The van der Waals surface area contributed by atoms with E-state index in [9.17, 15) is 9.59 Å². The summed E-state index contributed by atoms with van der Waals surface area (Å²) in [5, 5.41) is 23.2. The van der Waals surface area contributed by atoms with Crippen LogP contribution in [0.3, 0.4) is 0 Å². The van der Waals surface area contributed by atoms with Crippen molar-refractivity contribution in [1.82, 2.24) is 10.6 Å². The summed E-state index contributed by atoms with van der Waals surface area (Å²) in [7, 11) is 1.51. The Morgan fingerprint density at radius 3 is 2.50 bits per heavy atom. The zero-order chi connectivity index (χ0) is 13.6. The third kappa shape index (κ3) is 3.41. The number of carbonyl (C=O) groups is 2. The van der Waals surface area contributed by atoms with E-state index in [4.69, 9.17) is 14.9 Å². The third-order valence-electron chi connectivity index (χ3n) is 3.25. The minimum Gasteiger partial charge on any atom is -0.480 e. The number of aliphatic hydroxyl groups is 1. The first-order chi connectivity index (χ1) is 8.55. The van der Waals surface area contributed by atoms with Crippen molar-refractivity contribution in [2.75, 3.05) is 33.4 Å². The zero-order valence-electron chi connectivity index (χ0n) is 10.4. The van der Waals surface area contributed by atoms with Crippen LogP contribution in [0.4, 0.5) is 0 Å². The number of hydrogen-bond donors (Lipinski definition) is 4. The predicted molar refractivity (Wildman–Crippen MR) is 63.1 cm³/mol. The van der Waals surface area contributed by atoms with Crippen LogP contribution in [0.25, 0.3) is 0 Å². The molecule has 0 spiro atoms. The minimum absolute atomic E-state index is 0.248. The summed E-state index contributed by atoms with van der Waals surface area (Å²) in [5.41, 5.74) is -0.705. The van der Waals surface area contributed by atoms with Gasteiger partial charge >= 0.3 is 5.97 Å². The molecule has 104 valence electrons. The second-order valence-electron chi connectivity index (χ2n) is 4.51. The van der Waals surface area contributed by atoms with Crippen molar-refractivity contribution in [2.24, 2.45) is 5.41 Å². The number of ether oxygens (including phenoxy) is 1. The van der Waals surface area contributed by atoms with Gasteiger partial charge in [0.05, 0.1) is 18.6 Å². The highest BCUT2D eigenvalue weighted by atomic mass is 16.5. The minimum atomic E-state index is -1.26. The average Bonchev–Trinajstić information content (AvgIpc) is 2.36. The van der Waals surface area contributed by atoms with E-state index < -0.39 is 24.0 Å². The molecule has 1 unspecified atom stereocenters. The lowest BCUT2D eigenvalue weighted by atomic mass is 9.78. The van der Waals surface area contributed by atoms with Gasteiger partial charge in [-0.3, -0.25) is 4.79 Å². The summed E-state index contributed by atoms with van der Waals surface area (Å²) in [5.74, 6) is -1.61. The number of aliphatic carboxylic acids is 1. The standard InChI is InChI=1S/C11H20N2O5/c1-18-7-11(2-4-12-5-3-11)10(17)13-8(6-14)9(15)16/h8,12,14H,2-7H2,1H3,(H,13,17)(H,15,16). The number of hydrogen-bond acceptors (Lipinski definition) is 5. The largest absolute Gasteiger partial charge is 0.480 e. The molecular formula is C11H20N2O5. The van der Waals surface area contributed by atoms with Crippen molar-refractivity contribution in [3.63, 3.8) is 0 Å². The highest BCUT2D eigenvalue weighted by Gasteiger charge is 2.41. The van der Waals surface area contributed by atoms with Gasteiger partial charge in [0.25, 0.3) is 0 Å². The number of methoxy groups -OCH3 is 1. The number of carboxylic acid groups (broad SMARTS) is 1. The number of aliphatic hydroxyl groups excluding tert-OH is 1. The predicted octanol–water partition coefficient (Wildman–Crippen LogP) is -1.44. The number of piperidine rings is 1. The lowest BCUT2D eigenvalue weighted by Gasteiger charge is -2.36. The SMILES string of the molecule is COCC1(C(=O)NC(CO)C(=O)O)CCNCC1. The first-order valence-electron chi connectivity index (χ1n) is 5.90. The van der Waals surface area contributed by atoms with Crippen molar-refractivity contribution < 1.29 is 24.5 Å². The van der Waals surface area contributed by atoms with E-state index in [1.165, 1.54) is 7.11 Å². The molecule has 0 aromatic carbocycles. The first-order valence-corrected chi connectivity index (χ1v) is 5.90. The van der Waals surface area contributed by atoms with Gasteiger partial charge in [-0.25, -0.2) is 4.79 Å². The Labute approximate surface area is 106 Å². The van der Waals surface area contributed by atoms with E-state index in [0.717, 1.165) is 0 Å². The number of carbonyl (C=O) groups excluding carboxylic acids is 1. The molecule has 18 heavy (non-hydrogen) atoms. The van der Waals surface area contributed by atoms with E-state index in [2.05, 4.69) is 10.6 Å². The molecule has 1 rings (SSSR count). The van der Waals surface area contributed by atoms with Crippen LogP contribution in [0.15, 0.2) is 0 Å². The number of carboxylic acids is 1. The molecule has 7 nitrogen and oxygen atoms in total. The molecule has 1 amide bonds. The summed E-state index contributed by atoms with van der Waals surface area (Å²) in [4.78, 5) is 23.0. The summed E-state index contributed by atoms with van der Waals surface area (Å²) in [6.07, 6.45) is 1.18. The molecule has 1 heterocycles. The van der Waals surface area contributed by atoms with Crippen LogP contribution < -0.4 is 10.6 Å². The Morgan fingerprint density at radius 1 is 1.44 bits per heavy atom. The van der Waals surface area contributed by atoms with Gasteiger partial charge < -0.3 is 25.6 Å². The van der Waals surface area contributed by atoms with Gasteiger partial charge in [0.1, 0.15) is 6.04 Å². The second-order valence-corrected chi connectivity index (χ2v) is 4.51. The maximum atomic E-state index is 12.2. The molecule has 1 aliphatic heterocycles. The normalized spacial score (nSPS) is 20.1. The maximum absolute atomic E-state index is 12.2. The smallest absolute Gasteiger partial charge is 0.328 e. The Kier molecular flexibility index (Phi) is 5.52. The second kappa shape index (κ2) is 6.67. The van der Waals surface area contributed by atoms with Crippen LogP contribution in [0.5, 0.6) is 0 Å². The molecule has 1 fully saturated rings. The van der Waals surface area contributed by atoms with E-state index in [0.29, 0.717) is 25.9 Å². The molecule has 0 saturated carbocycles. The van der Waals surface area contributed by atoms with Gasteiger partial charge in [-0.15, -0.1) is 0 Å². The Morgan fingerprint density at radius 2 is 2.06 bits per heavy atom. The fourth-order valence-corrected chi connectivity index (χ4v) is 2.12. The molecule has 4 N–H and O–H groups in total. The Bertz CT molecular complexity index is 296. The van der Waals surface area contributed by atoms with E-state index >= 15 is 0 Å². The molecular weight excluding hydrogens is 240 g/mol. The van der Waals surface area contributed by atoms with Crippen molar-refractivity contribution >= 4 is 11.9 Å². The van der Waals surface area contributed by atoms with E-state index in [1.807, 2.05) is 0 Å². The molecule has 7 heteroatoms. The summed E-state index contributed by atoms with van der Waals surface area (Å²) >= 11 is 0. The van der Waals surface area contributed by atoms with E-state index in [-0.39, 0.29) is 12.5 Å². The van der Waals surface area contributed by atoms with Crippen molar-refractivity contribution in [3.8, 4) is 0 Å². The molecule has 1 saturated heterocycles. The van der Waals surface area contributed by atoms with Crippen LogP contribution in [0.2, 0.25) is 0 Å². The van der Waals surface area contributed by atoms with Crippen LogP contribution in [-0.2, 0) is 14.3 Å². The van der Waals surface area contributed by atoms with Gasteiger partial charge in [-0.2, -0.15) is 0 Å². The topological polar surface area (TPSA) is 108 Å². The van der Waals surface area contributed by atoms with Gasteiger partial charge in [0.2, 0.25) is 5.91 Å². The molecule has 1 atom stereocenters. The summed E-state index contributed by atoms with van der Waals surface area (Å²) in [6.45, 7) is 1.00. The molecule has 0 aliphatic carbocycles. The van der Waals surface area contributed by atoms with Crippen LogP contribution in [0, 0.1) is 5.41 Å². The summed E-state index contributed by atoms with van der Waals surface area (Å²) in [6, 6.07) is -1.26. The maximum Gasteiger partial charge on any atom is 0.328 e. The van der Waals surface area contributed by atoms with Crippen LogP contribution >= 0.6 is 0 Å². The van der Waals surface area contributed by atoms with E-state index in [1.54, 1.807) is 0 Å². The fourth-order valence-electron chi connectivity index (χ4n) is 2.12. The Balaban J connectivity index is 2.73. The zero-order valence-corrected chi connectivity index (χ0v) is 10.4. The first kappa shape index (κ1) is 14.9. The molecule has 0 bridgehead atoms. The fraction of sp³-hybridized carbons (Fsp3) is 0.818. The lowest BCUT2D eigenvalue weighted by molar-refractivity contribution is -0.147. The van der Waals surface area contributed by atoms with Gasteiger partial charge in [0, 0.05) is 7.11 Å². The third-order valence-corrected chi connectivity index (χ3v) is 3.25. The monoisotopic (exact) mass is 260 g/mol. The molecule has 0 radical (unpaired) electrons. The van der Waals surface area contributed by atoms with Crippen LogP contribution in [0.1, 0.15) is 12.8 Å². The van der Waals surface area contributed by atoms with Gasteiger partial charge in [-0.05, 0) is 25.9 Å². The number of rotatable bonds is 6. The van der Waals surface area contributed by atoms with Crippen molar-refractivity contribution in [1.29, 1.82) is 0 Å². The highest BCUT2D eigenvalue weighted by molar-refractivity contribution is 5.87. The van der Waals surface area contributed by atoms with Crippen LogP contribution in [-0.4, -0.2) is 61.5 Å². The van der Waals surface area contributed by atoms with Crippen molar-refractivity contribution in [3.05, 3.63) is 0 Å². The Hall–Kier alpha value is -1.18.